The molecule has 0 aromatic rings. The molecule has 100 valence electrons. The number of rotatable bonds is 4. The summed E-state index contributed by atoms with van der Waals surface area (Å²) in [5.74, 6) is -19.5. The van der Waals surface area contributed by atoms with Crippen LogP contribution < -0.4 is 0 Å². The Hall–Kier alpha value is -1.25. The zero-order valence-corrected chi connectivity index (χ0v) is 7.46. The Bertz CT molecular complexity index is 327. The van der Waals surface area contributed by atoms with Crippen LogP contribution in [0, 0.1) is 0 Å². The maximum Gasteiger partial charge on any atom is 0.460 e. The van der Waals surface area contributed by atoms with Gasteiger partial charge in [-0.15, -0.1) is 0 Å². The zero-order valence-electron chi connectivity index (χ0n) is 7.46. The highest BCUT2D eigenvalue weighted by Crippen LogP contribution is 2.52. The van der Waals surface area contributed by atoms with Crippen molar-refractivity contribution in [2.75, 3.05) is 6.54 Å². The SMILES string of the molecule is O=C=NCC(F)(F)C(F)(F)C(F)(F)C(F)(F)F. The van der Waals surface area contributed by atoms with Gasteiger partial charge in [0.15, 0.2) is 0 Å². The fourth-order valence-electron chi connectivity index (χ4n) is 0.639. The first-order valence-electron chi connectivity index (χ1n) is 3.55. The van der Waals surface area contributed by atoms with Crippen LogP contribution in [0.4, 0.5) is 39.5 Å². The van der Waals surface area contributed by atoms with Gasteiger partial charge in [0.05, 0.1) is 0 Å². The van der Waals surface area contributed by atoms with Crippen LogP contribution in [0.15, 0.2) is 4.99 Å². The summed E-state index contributed by atoms with van der Waals surface area (Å²) in [5.41, 5.74) is 0. The Labute approximate surface area is 87.1 Å². The highest BCUT2D eigenvalue weighted by molar-refractivity contribution is 5.33. The van der Waals surface area contributed by atoms with Gasteiger partial charge in [0, 0.05) is 0 Å². The Morgan fingerprint density at radius 3 is 1.53 bits per heavy atom. The first kappa shape index (κ1) is 15.8. The van der Waals surface area contributed by atoms with E-state index >= 15 is 0 Å². The maximum absolute atomic E-state index is 12.4. The number of aliphatic imine (C=N–C) groups is 1. The van der Waals surface area contributed by atoms with Gasteiger partial charge in [-0.3, -0.25) is 0 Å². The van der Waals surface area contributed by atoms with E-state index in [1.807, 2.05) is 4.99 Å². The number of hydrogen-bond acceptors (Lipinski definition) is 2. The van der Waals surface area contributed by atoms with Crippen molar-refractivity contribution in [2.24, 2.45) is 4.99 Å². The second-order valence-electron chi connectivity index (χ2n) is 2.76. The summed E-state index contributed by atoms with van der Waals surface area (Å²) in [6, 6.07) is 0. The van der Waals surface area contributed by atoms with E-state index < -0.39 is 30.5 Å². The van der Waals surface area contributed by atoms with Crippen LogP contribution >= 0.6 is 0 Å². The van der Waals surface area contributed by atoms with Crippen LogP contribution in [-0.2, 0) is 4.79 Å². The third-order valence-corrected chi connectivity index (χ3v) is 1.55. The smallest absolute Gasteiger partial charge is 0.211 e. The summed E-state index contributed by atoms with van der Waals surface area (Å²) < 4.78 is 108. The molecular weight excluding hydrogens is 273 g/mol. The fraction of sp³-hybridized carbons (Fsp3) is 0.833. The maximum atomic E-state index is 12.4. The monoisotopic (exact) mass is 275 g/mol. The van der Waals surface area contributed by atoms with E-state index in [1.165, 1.54) is 0 Å². The molecular formula is C6H2F9NO. The van der Waals surface area contributed by atoms with Crippen molar-refractivity contribution in [1.29, 1.82) is 0 Å². The molecule has 17 heavy (non-hydrogen) atoms. The molecule has 0 fully saturated rings. The molecule has 0 rings (SSSR count). The van der Waals surface area contributed by atoms with Gasteiger partial charge in [-0.2, -0.15) is 44.5 Å². The molecule has 0 aliphatic rings. The third-order valence-electron chi connectivity index (χ3n) is 1.55. The van der Waals surface area contributed by atoms with E-state index in [-0.39, 0.29) is 0 Å². The molecule has 0 N–H and O–H groups in total. The molecule has 0 unspecified atom stereocenters. The summed E-state index contributed by atoms with van der Waals surface area (Å²) in [6.07, 6.45) is -6.55. The second kappa shape index (κ2) is 4.21. The molecule has 0 amide bonds. The summed E-state index contributed by atoms with van der Waals surface area (Å²) in [7, 11) is 0. The van der Waals surface area contributed by atoms with E-state index in [0.717, 1.165) is 0 Å². The van der Waals surface area contributed by atoms with Crippen LogP contribution in [0.3, 0.4) is 0 Å². The Morgan fingerprint density at radius 2 is 1.24 bits per heavy atom. The minimum Gasteiger partial charge on any atom is -0.211 e. The average molecular weight is 275 g/mol. The minimum absolute atomic E-state index is 0.322. The third kappa shape index (κ3) is 2.54. The van der Waals surface area contributed by atoms with E-state index in [2.05, 4.69) is 0 Å². The van der Waals surface area contributed by atoms with Crippen molar-refractivity contribution in [3.63, 3.8) is 0 Å². The molecule has 0 aliphatic heterocycles. The Balaban J connectivity index is 5.46. The predicted molar refractivity (Wildman–Crippen MR) is 33.9 cm³/mol. The van der Waals surface area contributed by atoms with E-state index in [4.69, 9.17) is 0 Å². The molecule has 0 aromatic carbocycles. The lowest BCUT2D eigenvalue weighted by molar-refractivity contribution is -0.394. The van der Waals surface area contributed by atoms with Gasteiger partial charge < -0.3 is 0 Å². The van der Waals surface area contributed by atoms with Gasteiger partial charge in [-0.1, -0.05) is 0 Å². The van der Waals surface area contributed by atoms with Crippen molar-refractivity contribution < 1.29 is 44.3 Å². The lowest BCUT2D eigenvalue weighted by atomic mass is 10.0. The zero-order chi connectivity index (χ0) is 14.1. The molecule has 0 aliphatic carbocycles. The molecule has 11 heteroatoms. The van der Waals surface area contributed by atoms with Gasteiger partial charge in [-0.25, -0.2) is 4.79 Å². The normalized spacial score (nSPS) is 14.4. The first-order chi connectivity index (χ1) is 7.31. The lowest BCUT2D eigenvalue weighted by Gasteiger charge is -2.32. The Morgan fingerprint density at radius 1 is 0.824 bits per heavy atom. The molecule has 2 nitrogen and oxygen atoms in total. The van der Waals surface area contributed by atoms with Gasteiger partial charge in [-0.05, 0) is 0 Å². The molecule has 0 saturated carbocycles. The first-order valence-corrected chi connectivity index (χ1v) is 3.55. The summed E-state index contributed by atoms with van der Waals surface area (Å²) >= 11 is 0. The van der Waals surface area contributed by atoms with Gasteiger partial charge >= 0.3 is 23.9 Å². The molecule has 0 saturated heterocycles. The van der Waals surface area contributed by atoms with Gasteiger partial charge in [0.25, 0.3) is 0 Å². The quantitative estimate of drug-likeness (QED) is 0.440. The standard InChI is InChI=1S/C6H2F9NO/c7-3(8,1-16-2-17)4(9,10)5(11,12)6(13,14)15/h1H2. The fourth-order valence-corrected chi connectivity index (χ4v) is 0.639. The number of alkyl halides is 9. The van der Waals surface area contributed by atoms with Crippen molar-refractivity contribution >= 4 is 6.08 Å². The van der Waals surface area contributed by atoms with Crippen molar-refractivity contribution in [3.05, 3.63) is 0 Å². The predicted octanol–water partition coefficient (Wildman–Crippen LogP) is 2.79. The topological polar surface area (TPSA) is 29.4 Å². The van der Waals surface area contributed by atoms with Gasteiger partial charge in [0.1, 0.15) is 6.54 Å². The van der Waals surface area contributed by atoms with Crippen LogP contribution in [0.25, 0.3) is 0 Å². The highest BCUT2D eigenvalue weighted by Gasteiger charge is 2.81. The van der Waals surface area contributed by atoms with E-state index in [0.29, 0.717) is 6.08 Å². The molecule has 0 atom stereocenters. The largest absolute Gasteiger partial charge is 0.460 e. The summed E-state index contributed by atoms with van der Waals surface area (Å²) in [4.78, 5) is 11.2. The van der Waals surface area contributed by atoms with Crippen LogP contribution in [0.2, 0.25) is 0 Å². The van der Waals surface area contributed by atoms with Crippen LogP contribution in [0.1, 0.15) is 0 Å². The number of nitrogens with zero attached hydrogens (tertiary/aromatic N) is 1. The second-order valence-corrected chi connectivity index (χ2v) is 2.76. The van der Waals surface area contributed by atoms with Gasteiger partial charge in [0.2, 0.25) is 6.08 Å². The average Bonchev–Trinajstić information content (AvgIpc) is 2.12. The Kier molecular flexibility index (Phi) is 3.90. The number of hydrogen-bond donors (Lipinski definition) is 0. The lowest BCUT2D eigenvalue weighted by Crippen LogP contribution is -2.61. The summed E-state index contributed by atoms with van der Waals surface area (Å²) in [6.45, 7) is -2.53. The van der Waals surface area contributed by atoms with Crippen LogP contribution in [-0.4, -0.2) is 36.6 Å². The molecule has 0 bridgehead atoms. The summed E-state index contributed by atoms with van der Waals surface area (Å²) in [5, 5.41) is 0. The number of isocyanates is 1. The van der Waals surface area contributed by atoms with Crippen molar-refractivity contribution in [2.45, 2.75) is 23.9 Å². The van der Waals surface area contributed by atoms with E-state index in [9.17, 15) is 44.3 Å². The van der Waals surface area contributed by atoms with Crippen molar-refractivity contribution in [1.82, 2.24) is 0 Å². The molecule has 0 spiro atoms. The molecule has 0 heterocycles. The van der Waals surface area contributed by atoms with E-state index in [1.54, 1.807) is 0 Å². The highest BCUT2D eigenvalue weighted by atomic mass is 19.4. The number of halogens is 9. The molecule has 0 radical (unpaired) electrons. The van der Waals surface area contributed by atoms with Crippen LogP contribution in [0.5, 0.6) is 0 Å². The number of carbonyl (C=O) groups excluding carboxylic acids is 1. The van der Waals surface area contributed by atoms with Crippen molar-refractivity contribution in [3.8, 4) is 0 Å². The minimum atomic E-state index is -6.96. The molecule has 0 aromatic heterocycles.